The molecule has 140 valence electrons. The summed E-state index contributed by atoms with van der Waals surface area (Å²) in [6, 6.07) is 8.42. The fourth-order valence-electron chi connectivity index (χ4n) is 3.36. The van der Waals surface area contributed by atoms with E-state index in [9.17, 15) is 9.90 Å². The summed E-state index contributed by atoms with van der Waals surface area (Å²) in [5.74, 6) is 0.342. The van der Waals surface area contributed by atoms with E-state index in [2.05, 4.69) is 38.1 Å². The number of methoxy groups -OCH3 is 1. The van der Waals surface area contributed by atoms with E-state index in [1.165, 1.54) is 5.56 Å². The Morgan fingerprint density at radius 1 is 1.32 bits per heavy atom. The first kappa shape index (κ1) is 19.9. The van der Waals surface area contributed by atoms with Crippen LogP contribution in [0.2, 0.25) is 0 Å². The Morgan fingerprint density at radius 3 is 2.60 bits per heavy atom. The lowest BCUT2D eigenvalue weighted by Crippen LogP contribution is -2.58. The molecule has 0 spiro atoms. The summed E-state index contributed by atoms with van der Waals surface area (Å²) in [6.45, 7) is 7.23. The fraction of sp³-hybridized carbons (Fsp3) is 0.650. The predicted molar refractivity (Wildman–Crippen MR) is 99.5 cm³/mol. The molecule has 0 aromatic heterocycles. The molecule has 1 saturated heterocycles. The van der Waals surface area contributed by atoms with Gasteiger partial charge in [0.25, 0.3) is 5.91 Å². The molecular formula is C20H32N2O3. The summed E-state index contributed by atoms with van der Waals surface area (Å²) < 4.78 is 5.07. The van der Waals surface area contributed by atoms with Gasteiger partial charge in [0.1, 0.15) is 0 Å². The van der Waals surface area contributed by atoms with Gasteiger partial charge in [0.15, 0.2) is 5.60 Å². The van der Waals surface area contributed by atoms with Crippen LogP contribution in [-0.4, -0.2) is 66.8 Å². The summed E-state index contributed by atoms with van der Waals surface area (Å²) in [5, 5.41) is 10.9. The zero-order valence-electron chi connectivity index (χ0n) is 16.0. The summed E-state index contributed by atoms with van der Waals surface area (Å²) in [5.41, 5.74) is 1.11. The van der Waals surface area contributed by atoms with E-state index in [0.717, 1.165) is 12.0 Å². The highest BCUT2D eigenvalue weighted by molar-refractivity contribution is 5.86. The van der Waals surface area contributed by atoms with Crippen LogP contribution in [0.25, 0.3) is 0 Å². The highest BCUT2D eigenvalue weighted by Crippen LogP contribution is 2.25. The monoisotopic (exact) mass is 348 g/mol. The van der Waals surface area contributed by atoms with E-state index >= 15 is 0 Å². The molecule has 0 aliphatic carbocycles. The van der Waals surface area contributed by atoms with Crippen LogP contribution in [-0.2, 0) is 16.1 Å². The zero-order valence-corrected chi connectivity index (χ0v) is 16.0. The number of nitrogens with zero attached hydrogens (tertiary/aromatic N) is 2. The van der Waals surface area contributed by atoms with Crippen LogP contribution >= 0.6 is 0 Å². The van der Waals surface area contributed by atoms with Gasteiger partial charge in [-0.25, -0.2) is 0 Å². The molecule has 1 aliphatic rings. The Balaban J connectivity index is 2.00. The highest BCUT2D eigenvalue weighted by Gasteiger charge is 2.42. The maximum atomic E-state index is 12.9. The molecule has 1 heterocycles. The van der Waals surface area contributed by atoms with Crippen molar-refractivity contribution < 1.29 is 14.6 Å². The number of likely N-dealkylation sites (N-methyl/N-ethyl adjacent to an activating group) is 1. The van der Waals surface area contributed by atoms with Crippen molar-refractivity contribution in [3.63, 3.8) is 0 Å². The van der Waals surface area contributed by atoms with Crippen LogP contribution < -0.4 is 0 Å². The molecular weight excluding hydrogens is 316 g/mol. The molecule has 0 saturated carbocycles. The van der Waals surface area contributed by atoms with Gasteiger partial charge in [0, 0.05) is 33.3 Å². The molecule has 0 radical (unpaired) electrons. The van der Waals surface area contributed by atoms with E-state index in [1.807, 2.05) is 11.9 Å². The quantitative estimate of drug-likeness (QED) is 0.783. The van der Waals surface area contributed by atoms with Gasteiger partial charge in [-0.1, -0.05) is 38.1 Å². The summed E-state index contributed by atoms with van der Waals surface area (Å²) in [7, 11) is 3.56. The van der Waals surface area contributed by atoms with Gasteiger partial charge < -0.3 is 19.6 Å². The van der Waals surface area contributed by atoms with Crippen molar-refractivity contribution in [3.05, 3.63) is 35.4 Å². The van der Waals surface area contributed by atoms with E-state index < -0.39 is 5.60 Å². The third-order valence-corrected chi connectivity index (χ3v) is 4.93. The number of carbonyl (C=O) groups is 1. The Bertz CT molecular complexity index is 559. The Kier molecular flexibility index (Phi) is 6.99. The van der Waals surface area contributed by atoms with Gasteiger partial charge >= 0.3 is 0 Å². The second kappa shape index (κ2) is 8.79. The average Bonchev–Trinajstić information content (AvgIpc) is 2.58. The van der Waals surface area contributed by atoms with Crippen LogP contribution in [0, 0.1) is 0 Å². The lowest BCUT2D eigenvalue weighted by Gasteiger charge is -2.40. The second-order valence-corrected chi connectivity index (χ2v) is 7.49. The van der Waals surface area contributed by atoms with Crippen molar-refractivity contribution in [2.75, 3.05) is 40.4 Å². The molecule has 25 heavy (non-hydrogen) atoms. The average molecular weight is 348 g/mol. The molecule has 5 heteroatoms. The predicted octanol–water partition coefficient (Wildman–Crippen LogP) is 2.24. The maximum Gasteiger partial charge on any atom is 0.256 e. The minimum atomic E-state index is -1.29. The van der Waals surface area contributed by atoms with E-state index in [0.29, 0.717) is 45.1 Å². The van der Waals surface area contributed by atoms with Crippen LogP contribution in [0.4, 0.5) is 0 Å². The summed E-state index contributed by atoms with van der Waals surface area (Å²) >= 11 is 0. The number of ether oxygens (including phenoxy) is 1. The third kappa shape index (κ3) is 5.27. The highest BCUT2D eigenvalue weighted by atomic mass is 16.5. The van der Waals surface area contributed by atoms with Crippen molar-refractivity contribution in [2.24, 2.45) is 0 Å². The fourth-order valence-corrected chi connectivity index (χ4v) is 3.36. The van der Waals surface area contributed by atoms with Crippen LogP contribution in [0.5, 0.6) is 0 Å². The van der Waals surface area contributed by atoms with Crippen LogP contribution in [0.3, 0.4) is 0 Å². The molecule has 1 atom stereocenters. The van der Waals surface area contributed by atoms with Crippen molar-refractivity contribution in [3.8, 4) is 0 Å². The molecule has 0 unspecified atom stereocenters. The lowest BCUT2D eigenvalue weighted by atomic mass is 9.90. The maximum absolute atomic E-state index is 12.9. The van der Waals surface area contributed by atoms with Gasteiger partial charge in [-0.05, 0) is 36.9 Å². The van der Waals surface area contributed by atoms with E-state index in [1.54, 1.807) is 12.0 Å². The van der Waals surface area contributed by atoms with Crippen molar-refractivity contribution in [2.45, 2.75) is 44.8 Å². The first-order valence-corrected chi connectivity index (χ1v) is 9.14. The number of rotatable bonds is 8. The molecule has 2 rings (SSSR count). The standard InChI is InChI=1S/C20H32N2O3/c1-16(2)18-8-6-17(7-9-18)14-22-11-5-10-20(24,19(22)23)15-21(3)12-13-25-4/h6-9,16,24H,5,10-15H2,1-4H3/t20-/m1/s1. The third-order valence-electron chi connectivity index (χ3n) is 4.93. The van der Waals surface area contributed by atoms with Crippen molar-refractivity contribution in [1.82, 2.24) is 9.80 Å². The van der Waals surface area contributed by atoms with Gasteiger partial charge in [0.2, 0.25) is 0 Å². The molecule has 1 fully saturated rings. The Hall–Kier alpha value is -1.43. The van der Waals surface area contributed by atoms with Gasteiger partial charge in [-0.3, -0.25) is 4.79 Å². The lowest BCUT2D eigenvalue weighted by molar-refractivity contribution is -0.160. The number of amides is 1. The number of piperidine rings is 1. The van der Waals surface area contributed by atoms with Gasteiger partial charge in [-0.2, -0.15) is 0 Å². The molecule has 1 aromatic rings. The van der Waals surface area contributed by atoms with Gasteiger partial charge in [0.05, 0.1) is 6.61 Å². The van der Waals surface area contributed by atoms with Crippen LogP contribution in [0.1, 0.15) is 43.7 Å². The molecule has 5 nitrogen and oxygen atoms in total. The Morgan fingerprint density at radius 2 is 2.00 bits per heavy atom. The molecule has 1 aliphatic heterocycles. The largest absolute Gasteiger partial charge is 0.383 e. The minimum Gasteiger partial charge on any atom is -0.383 e. The van der Waals surface area contributed by atoms with Crippen molar-refractivity contribution in [1.29, 1.82) is 0 Å². The minimum absolute atomic E-state index is 0.157. The first-order valence-electron chi connectivity index (χ1n) is 9.14. The van der Waals surface area contributed by atoms with Gasteiger partial charge in [-0.15, -0.1) is 0 Å². The molecule has 0 bridgehead atoms. The number of carbonyl (C=O) groups excluding carboxylic acids is 1. The number of hydrogen-bond donors (Lipinski definition) is 1. The second-order valence-electron chi connectivity index (χ2n) is 7.49. The topological polar surface area (TPSA) is 53.0 Å². The molecule has 1 aromatic carbocycles. The smallest absolute Gasteiger partial charge is 0.256 e. The Labute approximate surface area is 151 Å². The zero-order chi connectivity index (χ0) is 18.4. The van der Waals surface area contributed by atoms with Crippen molar-refractivity contribution >= 4 is 5.91 Å². The first-order chi connectivity index (χ1) is 11.9. The number of hydrogen-bond acceptors (Lipinski definition) is 4. The van der Waals surface area contributed by atoms with E-state index in [4.69, 9.17) is 4.74 Å². The normalized spacial score (nSPS) is 21.4. The molecule has 1 amide bonds. The summed E-state index contributed by atoms with van der Waals surface area (Å²) in [4.78, 5) is 16.6. The van der Waals surface area contributed by atoms with Crippen LogP contribution in [0.15, 0.2) is 24.3 Å². The summed E-state index contributed by atoms with van der Waals surface area (Å²) in [6.07, 6.45) is 1.34. The number of benzene rings is 1. The SMILES string of the molecule is COCCN(C)C[C@]1(O)CCCN(Cc2ccc(C(C)C)cc2)C1=O. The number of aliphatic hydroxyl groups is 1. The molecule has 1 N–H and O–H groups in total. The number of likely N-dealkylation sites (tertiary alicyclic amines) is 1. The van der Waals surface area contributed by atoms with E-state index in [-0.39, 0.29) is 5.91 Å².